The maximum atomic E-state index is 5.91. The van der Waals surface area contributed by atoms with Crippen LogP contribution in [0.1, 0.15) is 18.2 Å². The van der Waals surface area contributed by atoms with Gasteiger partial charge in [-0.2, -0.15) is 0 Å². The number of ether oxygens (including phenoxy) is 1. The third-order valence-corrected chi connectivity index (χ3v) is 3.95. The van der Waals surface area contributed by atoms with Crippen molar-refractivity contribution in [3.8, 4) is 0 Å². The van der Waals surface area contributed by atoms with Gasteiger partial charge in [0.1, 0.15) is 0 Å². The van der Waals surface area contributed by atoms with Gasteiger partial charge >= 0.3 is 0 Å². The first-order valence-electron chi connectivity index (χ1n) is 5.71. The number of piperidine rings is 1. The molecule has 2 atom stereocenters. The molecule has 15 heavy (non-hydrogen) atoms. The van der Waals surface area contributed by atoms with Crippen molar-refractivity contribution in [2.75, 3.05) is 19.7 Å². The Kier molecular flexibility index (Phi) is 4.18. The molecule has 1 fully saturated rings. The average molecular weight is 225 g/mol. The first-order chi connectivity index (χ1) is 7.36. The summed E-state index contributed by atoms with van der Waals surface area (Å²) in [5.41, 5.74) is 0. The van der Waals surface area contributed by atoms with E-state index in [1.165, 1.54) is 11.3 Å². The number of thiophene rings is 1. The maximum absolute atomic E-state index is 5.91. The largest absolute Gasteiger partial charge is 0.376 e. The summed E-state index contributed by atoms with van der Waals surface area (Å²) >= 11 is 1.81. The average Bonchev–Trinajstić information content (AvgIpc) is 2.74. The Morgan fingerprint density at radius 1 is 1.60 bits per heavy atom. The van der Waals surface area contributed by atoms with Gasteiger partial charge in [-0.1, -0.05) is 13.0 Å². The molecule has 0 radical (unpaired) electrons. The van der Waals surface area contributed by atoms with E-state index in [0.29, 0.717) is 12.0 Å². The topological polar surface area (TPSA) is 21.3 Å². The van der Waals surface area contributed by atoms with E-state index in [0.717, 1.165) is 26.1 Å². The van der Waals surface area contributed by atoms with Gasteiger partial charge in [-0.25, -0.2) is 0 Å². The van der Waals surface area contributed by atoms with Crippen LogP contribution in [0.15, 0.2) is 17.5 Å². The van der Waals surface area contributed by atoms with Gasteiger partial charge in [0.15, 0.2) is 0 Å². The molecule has 2 unspecified atom stereocenters. The standard InChI is InChI=1S/C12H19NOS/c1-10-4-6-13-9-12(10)14-7-5-11-3-2-8-15-11/h2-3,8,10,12-13H,4-7,9H2,1H3. The zero-order valence-electron chi connectivity index (χ0n) is 9.24. The molecule has 2 nitrogen and oxygen atoms in total. The van der Waals surface area contributed by atoms with Crippen LogP contribution in [0.2, 0.25) is 0 Å². The van der Waals surface area contributed by atoms with Gasteiger partial charge < -0.3 is 10.1 Å². The fourth-order valence-corrected chi connectivity index (χ4v) is 2.64. The van der Waals surface area contributed by atoms with E-state index in [1.54, 1.807) is 0 Å². The van der Waals surface area contributed by atoms with Crippen molar-refractivity contribution in [2.45, 2.75) is 25.9 Å². The van der Waals surface area contributed by atoms with Gasteiger partial charge in [0.05, 0.1) is 12.7 Å². The first-order valence-corrected chi connectivity index (χ1v) is 6.59. The molecule has 2 rings (SSSR count). The Hall–Kier alpha value is -0.380. The molecule has 3 heteroatoms. The molecule has 0 aromatic carbocycles. The molecule has 84 valence electrons. The van der Waals surface area contributed by atoms with Crippen molar-refractivity contribution in [3.63, 3.8) is 0 Å². The smallest absolute Gasteiger partial charge is 0.0725 e. The van der Waals surface area contributed by atoms with Gasteiger partial charge in [0.25, 0.3) is 0 Å². The summed E-state index contributed by atoms with van der Waals surface area (Å²) in [6.45, 7) is 5.31. The van der Waals surface area contributed by atoms with Crippen LogP contribution in [0.25, 0.3) is 0 Å². The van der Waals surface area contributed by atoms with Crippen LogP contribution in [0.5, 0.6) is 0 Å². The predicted molar refractivity (Wildman–Crippen MR) is 64.4 cm³/mol. The van der Waals surface area contributed by atoms with Crippen LogP contribution in [0.3, 0.4) is 0 Å². The molecular weight excluding hydrogens is 206 g/mol. The van der Waals surface area contributed by atoms with Crippen molar-refractivity contribution in [2.24, 2.45) is 5.92 Å². The van der Waals surface area contributed by atoms with Crippen LogP contribution >= 0.6 is 11.3 Å². The van der Waals surface area contributed by atoms with Crippen molar-refractivity contribution >= 4 is 11.3 Å². The van der Waals surface area contributed by atoms with E-state index in [-0.39, 0.29) is 0 Å². The monoisotopic (exact) mass is 225 g/mol. The summed E-state index contributed by atoms with van der Waals surface area (Å²) in [5.74, 6) is 0.703. The quantitative estimate of drug-likeness (QED) is 0.849. The van der Waals surface area contributed by atoms with Crippen LogP contribution < -0.4 is 5.32 Å². The van der Waals surface area contributed by atoms with Crippen LogP contribution in [0, 0.1) is 5.92 Å². The van der Waals surface area contributed by atoms with Crippen molar-refractivity contribution < 1.29 is 4.74 Å². The van der Waals surface area contributed by atoms with Gasteiger partial charge in [0.2, 0.25) is 0 Å². The van der Waals surface area contributed by atoms with Crippen molar-refractivity contribution in [3.05, 3.63) is 22.4 Å². The molecule has 0 spiro atoms. The van der Waals surface area contributed by atoms with E-state index in [2.05, 4.69) is 29.8 Å². The number of rotatable bonds is 4. The van der Waals surface area contributed by atoms with E-state index in [4.69, 9.17) is 4.74 Å². The SMILES string of the molecule is CC1CCNCC1OCCc1cccs1. The lowest BCUT2D eigenvalue weighted by Crippen LogP contribution is -2.41. The molecule has 0 saturated carbocycles. The first kappa shape index (κ1) is 11.1. The third-order valence-electron chi connectivity index (χ3n) is 3.02. The molecule has 2 heterocycles. The summed E-state index contributed by atoms with van der Waals surface area (Å²) in [7, 11) is 0. The summed E-state index contributed by atoms with van der Waals surface area (Å²) in [6, 6.07) is 4.28. The highest BCUT2D eigenvalue weighted by atomic mass is 32.1. The third kappa shape index (κ3) is 3.30. The fraction of sp³-hybridized carbons (Fsp3) is 0.667. The Bertz CT molecular complexity index is 273. The molecule has 0 aliphatic carbocycles. The van der Waals surface area contributed by atoms with Crippen molar-refractivity contribution in [1.82, 2.24) is 5.32 Å². The lowest BCUT2D eigenvalue weighted by molar-refractivity contribution is 0.00599. The minimum Gasteiger partial charge on any atom is -0.376 e. The fourth-order valence-electron chi connectivity index (χ4n) is 1.95. The number of nitrogens with one attached hydrogen (secondary N) is 1. The van der Waals surface area contributed by atoms with E-state index < -0.39 is 0 Å². The zero-order valence-corrected chi connectivity index (χ0v) is 10.1. The normalized spacial score (nSPS) is 26.7. The van der Waals surface area contributed by atoms with E-state index in [1.807, 2.05) is 11.3 Å². The highest BCUT2D eigenvalue weighted by Crippen LogP contribution is 2.16. The van der Waals surface area contributed by atoms with Gasteiger partial charge in [0, 0.05) is 17.8 Å². The van der Waals surface area contributed by atoms with Crippen LogP contribution in [-0.4, -0.2) is 25.8 Å². The van der Waals surface area contributed by atoms with Gasteiger partial charge in [-0.15, -0.1) is 11.3 Å². The summed E-state index contributed by atoms with van der Waals surface area (Å²) in [4.78, 5) is 1.42. The van der Waals surface area contributed by atoms with Crippen molar-refractivity contribution in [1.29, 1.82) is 0 Å². The molecule has 1 aliphatic heterocycles. The Balaban J connectivity index is 1.68. The van der Waals surface area contributed by atoms with Crippen LogP contribution in [0.4, 0.5) is 0 Å². The number of hydrogen-bond donors (Lipinski definition) is 1. The molecule has 1 saturated heterocycles. The van der Waals surface area contributed by atoms with Gasteiger partial charge in [-0.05, 0) is 30.3 Å². The highest BCUT2D eigenvalue weighted by Gasteiger charge is 2.21. The Labute approximate surface area is 95.6 Å². The number of hydrogen-bond acceptors (Lipinski definition) is 3. The minimum atomic E-state index is 0.415. The summed E-state index contributed by atoms with van der Waals surface area (Å²) in [5, 5.41) is 5.51. The molecule has 1 N–H and O–H groups in total. The summed E-state index contributed by atoms with van der Waals surface area (Å²) in [6.07, 6.45) is 2.71. The van der Waals surface area contributed by atoms with E-state index >= 15 is 0 Å². The Morgan fingerprint density at radius 3 is 3.27 bits per heavy atom. The lowest BCUT2D eigenvalue weighted by atomic mass is 9.97. The maximum Gasteiger partial charge on any atom is 0.0725 e. The Morgan fingerprint density at radius 2 is 2.53 bits per heavy atom. The lowest BCUT2D eigenvalue weighted by Gasteiger charge is -2.29. The van der Waals surface area contributed by atoms with Gasteiger partial charge in [-0.3, -0.25) is 0 Å². The zero-order chi connectivity index (χ0) is 10.5. The second-order valence-corrected chi connectivity index (χ2v) is 5.24. The second kappa shape index (κ2) is 5.64. The summed E-state index contributed by atoms with van der Waals surface area (Å²) < 4.78 is 5.91. The predicted octanol–water partition coefficient (Wildman–Crippen LogP) is 2.31. The van der Waals surface area contributed by atoms with Crippen LogP contribution in [-0.2, 0) is 11.2 Å². The molecular formula is C12H19NOS. The molecule has 1 aromatic heterocycles. The highest BCUT2D eigenvalue weighted by molar-refractivity contribution is 7.09. The molecule has 1 aromatic rings. The second-order valence-electron chi connectivity index (χ2n) is 4.21. The molecule has 0 bridgehead atoms. The van der Waals surface area contributed by atoms with E-state index in [9.17, 15) is 0 Å². The molecule has 1 aliphatic rings. The molecule has 0 amide bonds. The minimum absolute atomic E-state index is 0.415.